The number of benzene rings is 1. The van der Waals surface area contributed by atoms with Crippen LogP contribution in [0.15, 0.2) is 43.0 Å². The number of nitrogens with zero attached hydrogens (tertiary/aromatic N) is 7. The Morgan fingerprint density at radius 3 is 2.45 bits per heavy atom. The smallest absolute Gasteiger partial charge is 0.360 e. The number of likely N-dealkylation sites (N-methyl/N-ethyl adjacent to an activating group) is 1. The zero-order valence-electron chi connectivity index (χ0n) is 22.0. The average Bonchev–Trinajstić information content (AvgIpc) is 3.45. The van der Waals surface area contributed by atoms with Gasteiger partial charge in [0.15, 0.2) is 17.3 Å². The van der Waals surface area contributed by atoms with Crippen molar-refractivity contribution in [3.63, 3.8) is 0 Å². The molecule has 2 atom stereocenters. The number of fused-ring (bicyclic) bond motifs is 3. The number of carbonyl (C=O) groups excluding carboxylic acids is 1. The zero-order chi connectivity index (χ0) is 26.4. The Kier molecular flexibility index (Phi) is 6.07. The molecule has 2 saturated heterocycles. The number of carbonyl (C=O) groups is 1. The number of hydrogen-bond donors (Lipinski definition) is 2. The van der Waals surface area contributed by atoms with Gasteiger partial charge in [-0.25, -0.2) is 19.7 Å². The Bertz CT molecular complexity index is 1490. The molecule has 4 aromatic rings. The van der Waals surface area contributed by atoms with Crippen molar-refractivity contribution >= 4 is 40.0 Å². The van der Waals surface area contributed by atoms with Gasteiger partial charge in [-0.2, -0.15) is 0 Å². The molecule has 0 radical (unpaired) electrons. The molecule has 196 valence electrons. The molecule has 2 N–H and O–H groups in total. The van der Waals surface area contributed by atoms with Gasteiger partial charge in [-0.05, 0) is 44.2 Å². The van der Waals surface area contributed by atoms with E-state index >= 15 is 0 Å². The predicted molar refractivity (Wildman–Crippen MR) is 147 cm³/mol. The van der Waals surface area contributed by atoms with E-state index in [4.69, 9.17) is 14.7 Å². The van der Waals surface area contributed by atoms with Crippen molar-refractivity contribution in [2.24, 2.45) is 7.05 Å². The van der Waals surface area contributed by atoms with Crippen molar-refractivity contribution in [2.45, 2.75) is 24.9 Å². The zero-order valence-corrected chi connectivity index (χ0v) is 22.0. The first-order valence-corrected chi connectivity index (χ1v) is 12.7. The van der Waals surface area contributed by atoms with Gasteiger partial charge >= 0.3 is 5.97 Å². The maximum absolute atomic E-state index is 12.8. The molecule has 11 heteroatoms. The largest absolute Gasteiger partial charge is 0.464 e. The van der Waals surface area contributed by atoms with E-state index < -0.39 is 5.97 Å². The highest BCUT2D eigenvalue weighted by Gasteiger charge is 2.38. The second kappa shape index (κ2) is 9.56. The summed E-state index contributed by atoms with van der Waals surface area (Å²) in [5.41, 5.74) is 4.81. The summed E-state index contributed by atoms with van der Waals surface area (Å²) >= 11 is 0. The standard InChI is InChI=1S/C27H31N9O2/c1-28-25-23(20-11-29-12-21-22(20)30-15-35(21)3)32-24(27(37)38-4)26(33-25)31-16-5-7-17(8-6-16)36-18-9-10-19(36)14-34(2)13-18/h5-8,11-12,15,18-19H,9-10,13-14H2,1-4H3,(H2,28,31,33). The second-order valence-corrected chi connectivity index (χ2v) is 9.96. The number of likely N-dealkylation sites (tertiary alicyclic amines) is 1. The van der Waals surface area contributed by atoms with Gasteiger partial charge in [0, 0.05) is 56.8 Å². The Morgan fingerprint density at radius 2 is 1.76 bits per heavy atom. The SMILES string of the molecule is CNc1nc(Nc2ccc(N3C4CCC3CN(C)C4)cc2)c(C(=O)OC)nc1-c1cncc2c1ncn2C. The van der Waals surface area contributed by atoms with E-state index in [9.17, 15) is 4.79 Å². The number of anilines is 4. The van der Waals surface area contributed by atoms with Crippen LogP contribution in [0.1, 0.15) is 23.3 Å². The van der Waals surface area contributed by atoms with Gasteiger partial charge < -0.3 is 29.7 Å². The van der Waals surface area contributed by atoms with Crippen LogP contribution in [0.4, 0.5) is 23.0 Å². The van der Waals surface area contributed by atoms with E-state index in [0.717, 1.165) is 29.8 Å². The summed E-state index contributed by atoms with van der Waals surface area (Å²) < 4.78 is 6.94. The Labute approximate surface area is 220 Å². The third-order valence-corrected chi connectivity index (χ3v) is 7.50. The number of pyridine rings is 1. The molecule has 6 rings (SSSR count). The van der Waals surface area contributed by atoms with Crippen LogP contribution in [0.2, 0.25) is 0 Å². The maximum atomic E-state index is 12.8. The lowest BCUT2D eigenvalue weighted by Gasteiger charge is -2.41. The Hall–Kier alpha value is -4.25. The Balaban J connectivity index is 1.35. The minimum absolute atomic E-state index is 0.0793. The summed E-state index contributed by atoms with van der Waals surface area (Å²) in [4.78, 5) is 36.1. The van der Waals surface area contributed by atoms with E-state index in [1.165, 1.54) is 25.6 Å². The Morgan fingerprint density at radius 1 is 1.03 bits per heavy atom. The number of esters is 1. The molecule has 2 bridgehead atoms. The molecular weight excluding hydrogens is 482 g/mol. The number of imidazole rings is 1. The van der Waals surface area contributed by atoms with Crippen LogP contribution in [0, 0.1) is 0 Å². The molecule has 38 heavy (non-hydrogen) atoms. The van der Waals surface area contributed by atoms with Crippen LogP contribution >= 0.6 is 0 Å². The van der Waals surface area contributed by atoms with Gasteiger partial charge in [0.05, 0.1) is 30.7 Å². The molecule has 11 nitrogen and oxygen atoms in total. The van der Waals surface area contributed by atoms with Crippen LogP contribution in [0.5, 0.6) is 0 Å². The quantitative estimate of drug-likeness (QED) is 0.372. The van der Waals surface area contributed by atoms with Crippen LogP contribution in [0.3, 0.4) is 0 Å². The van der Waals surface area contributed by atoms with E-state index in [2.05, 4.69) is 49.6 Å². The van der Waals surface area contributed by atoms with Crippen LogP contribution in [-0.4, -0.2) is 81.8 Å². The molecule has 2 aliphatic rings. The molecule has 0 spiro atoms. The third-order valence-electron chi connectivity index (χ3n) is 7.50. The van der Waals surface area contributed by atoms with Crippen molar-refractivity contribution in [1.82, 2.24) is 29.4 Å². The number of ether oxygens (including phenoxy) is 1. The summed E-state index contributed by atoms with van der Waals surface area (Å²) in [6.07, 6.45) is 7.60. The maximum Gasteiger partial charge on any atom is 0.360 e. The molecular formula is C27H31N9O2. The molecule has 3 aromatic heterocycles. The number of aromatic nitrogens is 5. The topological polar surface area (TPSA) is 113 Å². The highest BCUT2D eigenvalue weighted by Crippen LogP contribution is 2.36. The van der Waals surface area contributed by atoms with Crippen molar-refractivity contribution in [3.8, 4) is 11.3 Å². The lowest BCUT2D eigenvalue weighted by Crippen LogP contribution is -2.52. The summed E-state index contributed by atoms with van der Waals surface area (Å²) in [7, 11) is 7.20. The summed E-state index contributed by atoms with van der Waals surface area (Å²) in [6.45, 7) is 2.19. The average molecular weight is 514 g/mol. The van der Waals surface area contributed by atoms with Crippen LogP contribution in [0.25, 0.3) is 22.3 Å². The number of piperazine rings is 1. The lowest BCUT2D eigenvalue weighted by molar-refractivity contribution is 0.0595. The molecule has 0 amide bonds. The van der Waals surface area contributed by atoms with Gasteiger partial charge in [0.25, 0.3) is 0 Å². The van der Waals surface area contributed by atoms with Crippen molar-refractivity contribution in [3.05, 3.63) is 48.7 Å². The number of methoxy groups -OCH3 is 1. The van der Waals surface area contributed by atoms with E-state index in [-0.39, 0.29) is 5.69 Å². The van der Waals surface area contributed by atoms with Crippen molar-refractivity contribution < 1.29 is 9.53 Å². The summed E-state index contributed by atoms with van der Waals surface area (Å²) in [5.74, 6) is 0.208. The molecule has 2 fully saturated rings. The first-order valence-electron chi connectivity index (χ1n) is 12.7. The van der Waals surface area contributed by atoms with Gasteiger partial charge in [-0.3, -0.25) is 4.98 Å². The second-order valence-electron chi connectivity index (χ2n) is 9.96. The fraction of sp³-hybridized carbons (Fsp3) is 0.370. The van der Waals surface area contributed by atoms with E-state index in [1.807, 2.05) is 23.7 Å². The molecule has 1 aromatic carbocycles. The van der Waals surface area contributed by atoms with Gasteiger partial charge in [0.2, 0.25) is 0 Å². The number of rotatable bonds is 6. The van der Waals surface area contributed by atoms with Gasteiger partial charge in [-0.15, -0.1) is 0 Å². The fourth-order valence-electron chi connectivity index (χ4n) is 5.73. The van der Waals surface area contributed by atoms with Crippen LogP contribution < -0.4 is 15.5 Å². The fourth-order valence-corrected chi connectivity index (χ4v) is 5.73. The molecule has 5 heterocycles. The minimum atomic E-state index is -0.587. The summed E-state index contributed by atoms with van der Waals surface area (Å²) in [5, 5.41) is 6.39. The van der Waals surface area contributed by atoms with E-state index in [1.54, 1.807) is 25.8 Å². The summed E-state index contributed by atoms with van der Waals surface area (Å²) in [6, 6.07) is 9.40. The number of nitrogens with one attached hydrogen (secondary N) is 2. The molecule has 0 aliphatic carbocycles. The number of hydrogen-bond acceptors (Lipinski definition) is 10. The van der Waals surface area contributed by atoms with Crippen molar-refractivity contribution in [2.75, 3.05) is 49.8 Å². The van der Waals surface area contributed by atoms with E-state index in [0.29, 0.717) is 35.0 Å². The first kappa shape index (κ1) is 24.1. The van der Waals surface area contributed by atoms with Crippen LogP contribution in [-0.2, 0) is 11.8 Å². The van der Waals surface area contributed by atoms with Gasteiger partial charge in [-0.1, -0.05) is 0 Å². The molecule has 2 aliphatic heterocycles. The highest BCUT2D eigenvalue weighted by molar-refractivity contribution is 5.98. The monoisotopic (exact) mass is 513 g/mol. The third kappa shape index (κ3) is 4.08. The molecule has 2 unspecified atom stereocenters. The van der Waals surface area contributed by atoms with Gasteiger partial charge in [0.1, 0.15) is 11.2 Å². The predicted octanol–water partition coefficient (Wildman–Crippen LogP) is 3.28. The molecule has 0 saturated carbocycles. The number of aryl methyl sites for hydroxylation is 1. The lowest BCUT2D eigenvalue weighted by atomic mass is 10.1. The highest BCUT2D eigenvalue weighted by atomic mass is 16.5. The normalized spacial score (nSPS) is 19.1. The van der Waals surface area contributed by atoms with Crippen molar-refractivity contribution in [1.29, 1.82) is 0 Å². The minimum Gasteiger partial charge on any atom is -0.464 e. The first-order chi connectivity index (χ1) is 18.5.